The summed E-state index contributed by atoms with van der Waals surface area (Å²) in [7, 11) is 0. The van der Waals surface area contributed by atoms with E-state index >= 15 is 0 Å². The second-order valence-corrected chi connectivity index (χ2v) is 2.60. The fraction of sp³-hybridized carbons (Fsp3) is 0.167. The van der Waals surface area contributed by atoms with E-state index in [2.05, 4.69) is 0 Å². The zero-order valence-corrected chi connectivity index (χ0v) is 5.65. The second-order valence-electron chi connectivity index (χ2n) is 1.66. The molecule has 0 aromatic rings. The van der Waals surface area contributed by atoms with E-state index in [1.165, 1.54) is 0 Å². The van der Waals surface area contributed by atoms with Crippen molar-refractivity contribution in [2.24, 2.45) is 5.73 Å². The lowest BCUT2D eigenvalue weighted by atomic mass is 10.2. The van der Waals surface area contributed by atoms with Gasteiger partial charge in [0.25, 0.3) is 0 Å². The molecule has 0 saturated carbocycles. The van der Waals surface area contributed by atoms with Crippen LogP contribution in [0.3, 0.4) is 0 Å². The number of carbonyl (C=O) groups excluding carboxylic acids is 1. The fourth-order valence-corrected chi connectivity index (χ4v) is 1.20. The minimum absolute atomic E-state index is 0.341. The summed E-state index contributed by atoms with van der Waals surface area (Å²) in [5.41, 5.74) is 5.62. The summed E-state index contributed by atoms with van der Waals surface area (Å²) in [6, 6.07) is 0. The summed E-state index contributed by atoms with van der Waals surface area (Å²) in [5, 5.41) is 1.88. The van der Waals surface area contributed by atoms with Crippen LogP contribution in [0.5, 0.6) is 0 Å². The molecular formula is C6H7NOS. The highest BCUT2D eigenvalue weighted by molar-refractivity contribution is 8.02. The highest BCUT2D eigenvalue weighted by Gasteiger charge is 2.01. The van der Waals surface area contributed by atoms with Gasteiger partial charge < -0.3 is 5.73 Å². The van der Waals surface area contributed by atoms with Crippen LogP contribution in [0.4, 0.5) is 0 Å². The van der Waals surface area contributed by atoms with E-state index in [4.69, 9.17) is 5.73 Å². The molecule has 0 saturated heterocycles. The first-order chi connectivity index (χ1) is 4.30. The molecule has 48 valence electrons. The highest BCUT2D eigenvalue weighted by Crippen LogP contribution is 2.12. The molecule has 2 nitrogen and oxygen atoms in total. The SMILES string of the molecule is NC(=O)C1=CCSC=C1. The molecule has 0 aliphatic carbocycles. The molecule has 0 radical (unpaired) electrons. The molecule has 1 heterocycles. The van der Waals surface area contributed by atoms with Crippen LogP contribution >= 0.6 is 11.8 Å². The molecule has 0 aromatic heterocycles. The Morgan fingerprint density at radius 1 is 1.78 bits per heavy atom. The largest absolute Gasteiger partial charge is 0.366 e. The van der Waals surface area contributed by atoms with Crippen LogP contribution in [0.2, 0.25) is 0 Å². The number of primary amides is 1. The number of thioether (sulfide) groups is 1. The summed E-state index contributed by atoms with van der Waals surface area (Å²) in [4.78, 5) is 10.4. The molecule has 1 rings (SSSR count). The van der Waals surface area contributed by atoms with E-state index in [0.717, 1.165) is 5.75 Å². The molecule has 0 atom stereocenters. The predicted octanol–water partition coefficient (Wildman–Crippen LogP) is 0.659. The zero-order valence-electron chi connectivity index (χ0n) is 4.83. The molecule has 0 aromatic carbocycles. The van der Waals surface area contributed by atoms with Gasteiger partial charge in [-0.2, -0.15) is 0 Å². The van der Waals surface area contributed by atoms with Gasteiger partial charge in [0, 0.05) is 11.3 Å². The Kier molecular flexibility index (Phi) is 1.95. The number of hydrogen-bond acceptors (Lipinski definition) is 2. The maximum atomic E-state index is 10.4. The topological polar surface area (TPSA) is 43.1 Å². The van der Waals surface area contributed by atoms with E-state index in [-0.39, 0.29) is 5.91 Å². The average molecular weight is 141 g/mol. The van der Waals surface area contributed by atoms with Gasteiger partial charge in [0.05, 0.1) is 0 Å². The van der Waals surface area contributed by atoms with Gasteiger partial charge in [0.15, 0.2) is 0 Å². The molecule has 0 fully saturated rings. The molecule has 0 spiro atoms. The van der Waals surface area contributed by atoms with Crippen LogP contribution in [-0.4, -0.2) is 11.7 Å². The molecule has 0 unspecified atom stereocenters. The van der Waals surface area contributed by atoms with Crippen molar-refractivity contribution in [1.29, 1.82) is 0 Å². The third-order valence-electron chi connectivity index (χ3n) is 1.03. The number of rotatable bonds is 1. The molecule has 2 N–H and O–H groups in total. The third-order valence-corrected chi connectivity index (χ3v) is 1.72. The maximum absolute atomic E-state index is 10.4. The molecule has 0 bridgehead atoms. The van der Waals surface area contributed by atoms with E-state index < -0.39 is 0 Å². The van der Waals surface area contributed by atoms with Crippen LogP contribution in [0, 0.1) is 0 Å². The van der Waals surface area contributed by atoms with Crippen LogP contribution in [0.25, 0.3) is 0 Å². The lowest BCUT2D eigenvalue weighted by Gasteiger charge is -1.99. The molecule has 3 heteroatoms. The van der Waals surface area contributed by atoms with Crippen molar-refractivity contribution >= 4 is 17.7 Å². The van der Waals surface area contributed by atoms with Crippen molar-refractivity contribution in [3.8, 4) is 0 Å². The molecule has 1 amide bonds. The monoisotopic (exact) mass is 141 g/mol. The van der Waals surface area contributed by atoms with Gasteiger partial charge in [-0.3, -0.25) is 4.79 Å². The standard InChI is InChI=1S/C6H7NOS/c7-6(8)5-1-3-9-4-2-5/h1-3H,4H2,(H2,7,8). The predicted molar refractivity (Wildman–Crippen MR) is 38.9 cm³/mol. The normalized spacial score (nSPS) is 17.1. The van der Waals surface area contributed by atoms with Crippen molar-refractivity contribution in [1.82, 2.24) is 0 Å². The van der Waals surface area contributed by atoms with Gasteiger partial charge in [-0.25, -0.2) is 0 Å². The minimum atomic E-state index is -0.341. The van der Waals surface area contributed by atoms with Crippen molar-refractivity contribution in [2.75, 3.05) is 5.75 Å². The van der Waals surface area contributed by atoms with Crippen LogP contribution in [0.1, 0.15) is 0 Å². The van der Waals surface area contributed by atoms with Crippen molar-refractivity contribution < 1.29 is 4.79 Å². The number of amides is 1. The smallest absolute Gasteiger partial charge is 0.248 e. The van der Waals surface area contributed by atoms with Gasteiger partial charge in [-0.05, 0) is 11.5 Å². The Hall–Kier alpha value is -0.700. The quantitative estimate of drug-likeness (QED) is 0.583. The first kappa shape index (κ1) is 6.42. The maximum Gasteiger partial charge on any atom is 0.248 e. The summed E-state index contributed by atoms with van der Waals surface area (Å²) < 4.78 is 0. The van der Waals surface area contributed by atoms with E-state index in [0.29, 0.717) is 5.57 Å². The molecule has 1 aliphatic heterocycles. The van der Waals surface area contributed by atoms with Crippen LogP contribution in [-0.2, 0) is 4.79 Å². The van der Waals surface area contributed by atoms with Crippen molar-refractivity contribution in [2.45, 2.75) is 0 Å². The zero-order chi connectivity index (χ0) is 6.69. The summed E-state index contributed by atoms with van der Waals surface area (Å²) in [6.45, 7) is 0. The van der Waals surface area contributed by atoms with Crippen LogP contribution < -0.4 is 5.73 Å². The van der Waals surface area contributed by atoms with Gasteiger partial charge >= 0.3 is 0 Å². The van der Waals surface area contributed by atoms with E-state index in [1.807, 2.05) is 11.5 Å². The number of nitrogens with two attached hydrogens (primary N) is 1. The van der Waals surface area contributed by atoms with Gasteiger partial charge in [-0.15, -0.1) is 11.8 Å². The Balaban J connectivity index is 2.69. The average Bonchev–Trinajstić information content (AvgIpc) is 1.90. The second kappa shape index (κ2) is 2.73. The Morgan fingerprint density at radius 3 is 2.89 bits per heavy atom. The number of hydrogen-bond donors (Lipinski definition) is 1. The summed E-state index contributed by atoms with van der Waals surface area (Å²) in [6.07, 6.45) is 3.56. The van der Waals surface area contributed by atoms with Gasteiger partial charge in [-0.1, -0.05) is 6.08 Å². The highest BCUT2D eigenvalue weighted by atomic mass is 32.2. The van der Waals surface area contributed by atoms with Crippen LogP contribution in [0.15, 0.2) is 23.1 Å². The Bertz CT molecular complexity index is 183. The first-order valence-electron chi connectivity index (χ1n) is 2.59. The molecule has 9 heavy (non-hydrogen) atoms. The van der Waals surface area contributed by atoms with Crippen molar-refractivity contribution in [3.63, 3.8) is 0 Å². The van der Waals surface area contributed by atoms with Crippen molar-refractivity contribution in [3.05, 3.63) is 23.1 Å². The van der Waals surface area contributed by atoms with Gasteiger partial charge in [0.2, 0.25) is 5.91 Å². The lowest BCUT2D eigenvalue weighted by Crippen LogP contribution is -2.13. The summed E-state index contributed by atoms with van der Waals surface area (Å²) >= 11 is 1.65. The minimum Gasteiger partial charge on any atom is -0.366 e. The first-order valence-corrected chi connectivity index (χ1v) is 3.63. The van der Waals surface area contributed by atoms with E-state index in [1.54, 1.807) is 17.8 Å². The molecular weight excluding hydrogens is 134 g/mol. The van der Waals surface area contributed by atoms with E-state index in [9.17, 15) is 4.79 Å². The summed E-state index contributed by atoms with van der Waals surface area (Å²) in [5.74, 6) is 0.515. The Labute approximate surface area is 57.8 Å². The fourth-order valence-electron chi connectivity index (χ4n) is 0.566. The van der Waals surface area contributed by atoms with Gasteiger partial charge in [0.1, 0.15) is 0 Å². The third kappa shape index (κ3) is 1.61. The molecule has 1 aliphatic rings. The lowest BCUT2D eigenvalue weighted by molar-refractivity contribution is -0.114. The Morgan fingerprint density at radius 2 is 2.56 bits per heavy atom. The number of carbonyl (C=O) groups is 1.